The van der Waals surface area contributed by atoms with Crippen LogP contribution < -0.4 is 11.5 Å². The first-order valence-electron chi connectivity index (χ1n) is 3.59. The number of guanidine groups is 1. The normalized spacial score (nSPS) is 9.69. The maximum absolute atomic E-state index is 5.93. The lowest BCUT2D eigenvalue weighted by Gasteiger charge is -2.01. The van der Waals surface area contributed by atoms with Crippen molar-refractivity contribution < 1.29 is 0 Å². The van der Waals surface area contributed by atoms with Gasteiger partial charge in [-0.3, -0.25) is 0 Å². The summed E-state index contributed by atoms with van der Waals surface area (Å²) in [4.78, 5) is 3.86. The highest BCUT2D eigenvalue weighted by Gasteiger charge is 1.99. The molecule has 13 heavy (non-hydrogen) atoms. The molecule has 3 nitrogen and oxygen atoms in total. The minimum absolute atomic E-state index is 0.0685. The minimum atomic E-state index is 0.0685. The number of nitrogens with zero attached hydrogens (tertiary/aromatic N) is 1. The van der Waals surface area contributed by atoms with E-state index in [2.05, 4.69) is 20.9 Å². The number of nitrogens with two attached hydrogens (primary N) is 2. The average molecular weight is 263 g/mol. The standard InChI is InChI=1S/C8H9BrClN3/c9-6-2-1-5(7(10)3-6)4-13-8(11)12/h1-3H,4H2,(H4,11,12,13). The maximum atomic E-state index is 5.93. The lowest BCUT2D eigenvalue weighted by molar-refractivity contribution is 1.05. The summed E-state index contributed by atoms with van der Waals surface area (Å²) in [6.45, 7) is 0.411. The zero-order valence-electron chi connectivity index (χ0n) is 6.80. The molecule has 0 unspecified atom stereocenters. The van der Waals surface area contributed by atoms with Crippen molar-refractivity contribution >= 4 is 33.5 Å². The highest BCUT2D eigenvalue weighted by Crippen LogP contribution is 2.21. The highest BCUT2D eigenvalue weighted by atomic mass is 79.9. The van der Waals surface area contributed by atoms with Crippen molar-refractivity contribution in [3.05, 3.63) is 33.3 Å². The van der Waals surface area contributed by atoms with Gasteiger partial charge < -0.3 is 11.5 Å². The fourth-order valence-electron chi connectivity index (χ4n) is 0.826. The van der Waals surface area contributed by atoms with Crippen LogP contribution in [-0.4, -0.2) is 5.96 Å². The fourth-order valence-corrected chi connectivity index (χ4v) is 1.56. The fraction of sp³-hybridized carbons (Fsp3) is 0.125. The van der Waals surface area contributed by atoms with Gasteiger partial charge in [-0.15, -0.1) is 0 Å². The summed E-state index contributed by atoms with van der Waals surface area (Å²) < 4.78 is 0.936. The molecule has 0 aliphatic carbocycles. The zero-order valence-corrected chi connectivity index (χ0v) is 9.14. The van der Waals surface area contributed by atoms with Crippen molar-refractivity contribution in [1.82, 2.24) is 0 Å². The quantitative estimate of drug-likeness (QED) is 0.631. The number of halogens is 2. The molecule has 0 aliphatic rings. The molecule has 5 heteroatoms. The predicted molar refractivity (Wildman–Crippen MR) is 58.7 cm³/mol. The first-order valence-corrected chi connectivity index (χ1v) is 4.76. The Balaban J connectivity index is 2.84. The molecule has 1 rings (SSSR count). The van der Waals surface area contributed by atoms with Crippen LogP contribution in [0, 0.1) is 0 Å². The van der Waals surface area contributed by atoms with E-state index >= 15 is 0 Å². The van der Waals surface area contributed by atoms with Gasteiger partial charge in [0, 0.05) is 9.50 Å². The van der Waals surface area contributed by atoms with E-state index in [1.807, 2.05) is 12.1 Å². The van der Waals surface area contributed by atoms with E-state index in [1.54, 1.807) is 6.07 Å². The summed E-state index contributed by atoms with van der Waals surface area (Å²) in [5.74, 6) is 0.0685. The molecule has 1 aromatic rings. The molecule has 0 heterocycles. The van der Waals surface area contributed by atoms with Crippen LogP contribution in [0.15, 0.2) is 27.7 Å². The number of benzene rings is 1. The lowest BCUT2D eigenvalue weighted by Crippen LogP contribution is -2.22. The van der Waals surface area contributed by atoms with E-state index < -0.39 is 0 Å². The van der Waals surface area contributed by atoms with Crippen LogP contribution in [0.4, 0.5) is 0 Å². The van der Waals surface area contributed by atoms with E-state index in [-0.39, 0.29) is 5.96 Å². The summed E-state index contributed by atoms with van der Waals surface area (Å²) >= 11 is 9.24. The van der Waals surface area contributed by atoms with E-state index in [0.717, 1.165) is 10.0 Å². The molecule has 0 aliphatic heterocycles. The van der Waals surface area contributed by atoms with Crippen LogP contribution in [0.5, 0.6) is 0 Å². The van der Waals surface area contributed by atoms with Gasteiger partial charge in [0.2, 0.25) is 0 Å². The number of aliphatic imine (C=N–C) groups is 1. The average Bonchev–Trinajstić information content (AvgIpc) is 2.02. The molecule has 1 aromatic carbocycles. The van der Waals surface area contributed by atoms with Crippen LogP contribution in [0.3, 0.4) is 0 Å². The van der Waals surface area contributed by atoms with Gasteiger partial charge in [0.05, 0.1) is 6.54 Å². The van der Waals surface area contributed by atoms with Crippen molar-refractivity contribution in [3.63, 3.8) is 0 Å². The second kappa shape index (κ2) is 4.48. The van der Waals surface area contributed by atoms with Crippen molar-refractivity contribution in [2.45, 2.75) is 6.54 Å². The van der Waals surface area contributed by atoms with Gasteiger partial charge in [0.15, 0.2) is 5.96 Å². The number of rotatable bonds is 2. The first-order chi connectivity index (χ1) is 6.09. The molecule has 0 saturated carbocycles. The summed E-state index contributed by atoms with van der Waals surface area (Å²) in [6, 6.07) is 5.57. The van der Waals surface area contributed by atoms with E-state index in [9.17, 15) is 0 Å². The number of hydrogen-bond donors (Lipinski definition) is 2. The second-order valence-electron chi connectivity index (χ2n) is 2.48. The molecule has 70 valence electrons. The Morgan fingerprint density at radius 1 is 1.46 bits per heavy atom. The third-order valence-electron chi connectivity index (χ3n) is 1.45. The van der Waals surface area contributed by atoms with Gasteiger partial charge in [0.1, 0.15) is 0 Å². The summed E-state index contributed by atoms with van der Waals surface area (Å²) in [6.07, 6.45) is 0. The van der Waals surface area contributed by atoms with E-state index in [0.29, 0.717) is 11.6 Å². The van der Waals surface area contributed by atoms with Crippen LogP contribution in [0.1, 0.15) is 5.56 Å². The molecule has 4 N–H and O–H groups in total. The van der Waals surface area contributed by atoms with Crippen LogP contribution in [0.25, 0.3) is 0 Å². The lowest BCUT2D eigenvalue weighted by atomic mass is 10.2. The van der Waals surface area contributed by atoms with Gasteiger partial charge in [-0.25, -0.2) is 4.99 Å². The summed E-state index contributed by atoms with van der Waals surface area (Å²) in [5.41, 5.74) is 11.3. The SMILES string of the molecule is NC(N)=NCc1ccc(Br)cc1Cl. The molecule has 0 amide bonds. The Labute approximate surface area is 89.9 Å². The third kappa shape index (κ3) is 3.24. The Kier molecular flexibility index (Phi) is 3.57. The Morgan fingerprint density at radius 3 is 2.69 bits per heavy atom. The topological polar surface area (TPSA) is 64.4 Å². The van der Waals surface area contributed by atoms with Gasteiger partial charge in [0.25, 0.3) is 0 Å². The Hall–Kier alpha value is -0.740. The van der Waals surface area contributed by atoms with E-state index in [1.165, 1.54) is 0 Å². The van der Waals surface area contributed by atoms with Crippen molar-refractivity contribution in [1.29, 1.82) is 0 Å². The molecule has 0 spiro atoms. The van der Waals surface area contributed by atoms with Gasteiger partial charge in [-0.2, -0.15) is 0 Å². The molecule has 0 saturated heterocycles. The second-order valence-corrected chi connectivity index (χ2v) is 3.80. The van der Waals surface area contributed by atoms with Crippen molar-refractivity contribution in [2.24, 2.45) is 16.5 Å². The Bertz CT molecular complexity index is 334. The van der Waals surface area contributed by atoms with Gasteiger partial charge >= 0.3 is 0 Å². The number of hydrogen-bond acceptors (Lipinski definition) is 1. The Morgan fingerprint density at radius 2 is 2.15 bits per heavy atom. The van der Waals surface area contributed by atoms with Crippen LogP contribution in [-0.2, 0) is 6.54 Å². The highest BCUT2D eigenvalue weighted by molar-refractivity contribution is 9.10. The van der Waals surface area contributed by atoms with Crippen molar-refractivity contribution in [2.75, 3.05) is 0 Å². The first kappa shape index (κ1) is 10.3. The predicted octanol–water partition coefficient (Wildman–Crippen LogP) is 1.88. The molecular weight excluding hydrogens is 253 g/mol. The summed E-state index contributed by atoms with van der Waals surface area (Å²) in [7, 11) is 0. The van der Waals surface area contributed by atoms with Gasteiger partial charge in [-0.1, -0.05) is 33.6 Å². The van der Waals surface area contributed by atoms with E-state index in [4.69, 9.17) is 23.1 Å². The van der Waals surface area contributed by atoms with Crippen molar-refractivity contribution in [3.8, 4) is 0 Å². The van der Waals surface area contributed by atoms with Crippen LogP contribution >= 0.6 is 27.5 Å². The molecular formula is C8H9BrClN3. The largest absolute Gasteiger partial charge is 0.370 e. The third-order valence-corrected chi connectivity index (χ3v) is 2.29. The molecule has 0 atom stereocenters. The molecule has 0 radical (unpaired) electrons. The molecule has 0 aromatic heterocycles. The summed E-state index contributed by atoms with van der Waals surface area (Å²) in [5, 5.41) is 0.652. The van der Waals surface area contributed by atoms with Gasteiger partial charge in [-0.05, 0) is 17.7 Å². The molecule has 0 bridgehead atoms. The monoisotopic (exact) mass is 261 g/mol. The zero-order chi connectivity index (χ0) is 9.84. The van der Waals surface area contributed by atoms with Crippen LogP contribution in [0.2, 0.25) is 5.02 Å². The minimum Gasteiger partial charge on any atom is -0.370 e. The maximum Gasteiger partial charge on any atom is 0.186 e. The molecule has 0 fully saturated rings. The smallest absolute Gasteiger partial charge is 0.186 e.